The Balaban J connectivity index is 2.01. The van der Waals surface area contributed by atoms with E-state index in [2.05, 4.69) is 20.9 Å². The maximum Gasteiger partial charge on any atom is 0.251 e. The van der Waals surface area contributed by atoms with Crippen molar-refractivity contribution in [2.45, 2.75) is 26.3 Å². The van der Waals surface area contributed by atoms with Gasteiger partial charge in [0.05, 0.1) is 13.2 Å². The van der Waals surface area contributed by atoms with Gasteiger partial charge in [-0.3, -0.25) is 4.79 Å². The number of nitrogens with zero attached hydrogens (tertiary/aromatic N) is 1. The number of amides is 1. The van der Waals surface area contributed by atoms with Gasteiger partial charge in [-0.15, -0.1) is 0 Å². The molecule has 1 atom stereocenters. The predicted octanol–water partition coefficient (Wildman–Crippen LogP) is 0.890. The highest BCUT2D eigenvalue weighted by Gasteiger charge is 2.34. The van der Waals surface area contributed by atoms with Gasteiger partial charge in [-0.2, -0.15) is 0 Å². The summed E-state index contributed by atoms with van der Waals surface area (Å²) in [5.41, 5.74) is 1.56. The second kappa shape index (κ2) is 10.1. The molecule has 1 fully saturated rings. The predicted molar refractivity (Wildman–Crippen MR) is 102 cm³/mol. The minimum atomic E-state index is -0.104. The average Bonchev–Trinajstić information content (AvgIpc) is 3.12. The Morgan fingerprint density at radius 1 is 1.38 bits per heavy atom. The second-order valence-corrected chi connectivity index (χ2v) is 6.60. The van der Waals surface area contributed by atoms with Crippen molar-refractivity contribution in [1.82, 2.24) is 16.0 Å². The summed E-state index contributed by atoms with van der Waals surface area (Å²) < 4.78 is 5.53. The third-order valence-corrected chi connectivity index (χ3v) is 4.64. The first-order chi connectivity index (χ1) is 12.6. The first kappa shape index (κ1) is 20.2. The highest BCUT2D eigenvalue weighted by molar-refractivity contribution is 5.94. The van der Waals surface area contributed by atoms with Crippen LogP contribution >= 0.6 is 0 Å². The van der Waals surface area contributed by atoms with Crippen LogP contribution in [0.25, 0.3) is 0 Å². The zero-order valence-electron chi connectivity index (χ0n) is 15.7. The Morgan fingerprint density at radius 2 is 2.23 bits per heavy atom. The van der Waals surface area contributed by atoms with Gasteiger partial charge in [0.2, 0.25) is 0 Å². The third kappa shape index (κ3) is 5.71. The van der Waals surface area contributed by atoms with Crippen molar-refractivity contribution in [2.24, 2.45) is 10.4 Å². The topological polar surface area (TPSA) is 95.0 Å². The van der Waals surface area contributed by atoms with E-state index in [1.165, 1.54) is 0 Å². The highest BCUT2D eigenvalue weighted by Crippen LogP contribution is 2.31. The maximum atomic E-state index is 11.7. The smallest absolute Gasteiger partial charge is 0.251 e. The van der Waals surface area contributed by atoms with Gasteiger partial charge in [0, 0.05) is 44.3 Å². The van der Waals surface area contributed by atoms with Crippen molar-refractivity contribution in [3.05, 3.63) is 35.4 Å². The maximum absolute atomic E-state index is 11.7. The first-order valence-electron chi connectivity index (χ1n) is 9.14. The summed E-state index contributed by atoms with van der Waals surface area (Å²) in [6.45, 7) is 5.52. The molecule has 0 aliphatic carbocycles. The van der Waals surface area contributed by atoms with Crippen LogP contribution < -0.4 is 16.0 Å². The van der Waals surface area contributed by atoms with Crippen molar-refractivity contribution in [1.29, 1.82) is 0 Å². The normalized spacial score (nSPS) is 20.0. The number of rotatable bonds is 8. The lowest BCUT2D eigenvalue weighted by Gasteiger charge is -2.27. The molecule has 26 heavy (non-hydrogen) atoms. The van der Waals surface area contributed by atoms with Gasteiger partial charge in [0.1, 0.15) is 0 Å². The third-order valence-electron chi connectivity index (χ3n) is 4.64. The largest absolute Gasteiger partial charge is 0.396 e. The summed E-state index contributed by atoms with van der Waals surface area (Å²) in [5, 5.41) is 18.6. The van der Waals surface area contributed by atoms with E-state index in [0.717, 1.165) is 31.1 Å². The molecular weight excluding hydrogens is 332 g/mol. The summed E-state index contributed by atoms with van der Waals surface area (Å²) in [5.74, 6) is 0.620. The summed E-state index contributed by atoms with van der Waals surface area (Å²) in [6.07, 6.45) is 1.65. The summed E-state index contributed by atoms with van der Waals surface area (Å²) in [6, 6.07) is 7.46. The standard InChI is InChI=1S/C19H30N4O3/c1-3-21-18(23-13-19(7-9-24)8-10-26-14-19)22-12-15-5-4-6-16(11-15)17(25)20-2/h4-6,11,24H,3,7-10,12-14H2,1-2H3,(H,20,25)(H2,21,22,23). The van der Waals surface area contributed by atoms with E-state index in [9.17, 15) is 9.90 Å². The molecule has 1 saturated heterocycles. The minimum Gasteiger partial charge on any atom is -0.396 e. The van der Waals surface area contributed by atoms with Crippen LogP contribution in [0.4, 0.5) is 0 Å². The zero-order chi connectivity index (χ0) is 18.8. The van der Waals surface area contributed by atoms with Crippen LogP contribution in [0.15, 0.2) is 29.3 Å². The highest BCUT2D eigenvalue weighted by atomic mass is 16.5. The van der Waals surface area contributed by atoms with Crippen molar-refractivity contribution >= 4 is 11.9 Å². The zero-order valence-corrected chi connectivity index (χ0v) is 15.7. The SMILES string of the molecule is CCNC(=NCc1cccc(C(=O)NC)c1)NCC1(CCO)CCOC1. The first-order valence-corrected chi connectivity index (χ1v) is 9.14. The molecular formula is C19H30N4O3. The fourth-order valence-electron chi connectivity index (χ4n) is 3.05. The van der Waals surface area contributed by atoms with Crippen LogP contribution in [0.3, 0.4) is 0 Å². The molecule has 1 aromatic carbocycles. The summed E-state index contributed by atoms with van der Waals surface area (Å²) >= 11 is 0. The number of nitrogens with one attached hydrogen (secondary N) is 3. The summed E-state index contributed by atoms with van der Waals surface area (Å²) in [7, 11) is 1.62. The number of benzene rings is 1. The molecule has 7 heteroatoms. The Hall–Kier alpha value is -2.12. The van der Waals surface area contributed by atoms with Crippen molar-refractivity contribution < 1.29 is 14.6 Å². The number of carbonyl (C=O) groups is 1. The molecule has 144 valence electrons. The number of carbonyl (C=O) groups excluding carboxylic acids is 1. The van der Waals surface area contributed by atoms with E-state index in [-0.39, 0.29) is 17.9 Å². The van der Waals surface area contributed by atoms with Crippen LogP contribution in [0.5, 0.6) is 0 Å². The van der Waals surface area contributed by atoms with Crippen molar-refractivity contribution in [2.75, 3.05) is 40.0 Å². The van der Waals surface area contributed by atoms with Gasteiger partial charge in [0.15, 0.2) is 5.96 Å². The van der Waals surface area contributed by atoms with E-state index >= 15 is 0 Å². The Bertz CT molecular complexity index is 613. The number of aliphatic hydroxyl groups excluding tert-OH is 1. The van der Waals surface area contributed by atoms with E-state index in [1.54, 1.807) is 13.1 Å². The molecule has 1 unspecified atom stereocenters. The average molecular weight is 362 g/mol. The number of aliphatic imine (C=N–C) groups is 1. The van der Waals surface area contributed by atoms with E-state index in [1.807, 2.05) is 25.1 Å². The van der Waals surface area contributed by atoms with E-state index in [4.69, 9.17) is 4.74 Å². The van der Waals surface area contributed by atoms with E-state index < -0.39 is 0 Å². The molecule has 7 nitrogen and oxygen atoms in total. The van der Waals surface area contributed by atoms with Crippen LogP contribution in [-0.4, -0.2) is 56.9 Å². The molecule has 1 aliphatic heterocycles. The van der Waals surface area contributed by atoms with Crippen molar-refractivity contribution in [3.8, 4) is 0 Å². The minimum absolute atomic E-state index is 0.0376. The van der Waals surface area contributed by atoms with Gasteiger partial charge in [0.25, 0.3) is 5.91 Å². The summed E-state index contributed by atoms with van der Waals surface area (Å²) in [4.78, 5) is 16.4. The molecule has 1 aromatic rings. The lowest BCUT2D eigenvalue weighted by atomic mass is 9.84. The molecule has 1 aliphatic rings. The quantitative estimate of drug-likeness (QED) is 0.407. The fraction of sp³-hybridized carbons (Fsp3) is 0.579. The molecule has 2 rings (SSSR count). The number of aliphatic hydroxyl groups is 1. The Labute approximate surface area is 155 Å². The van der Waals surface area contributed by atoms with Crippen LogP contribution in [-0.2, 0) is 11.3 Å². The molecule has 0 bridgehead atoms. The van der Waals surface area contributed by atoms with Gasteiger partial charge >= 0.3 is 0 Å². The molecule has 0 spiro atoms. The van der Waals surface area contributed by atoms with Crippen LogP contribution in [0.1, 0.15) is 35.7 Å². The molecule has 0 saturated carbocycles. The number of ether oxygens (including phenoxy) is 1. The number of guanidine groups is 1. The Morgan fingerprint density at radius 3 is 2.88 bits per heavy atom. The van der Waals surface area contributed by atoms with E-state index in [0.29, 0.717) is 31.7 Å². The Kier molecular flexibility index (Phi) is 7.87. The van der Waals surface area contributed by atoms with Gasteiger partial charge in [-0.05, 0) is 37.5 Å². The van der Waals surface area contributed by atoms with Gasteiger partial charge < -0.3 is 25.8 Å². The van der Waals surface area contributed by atoms with Crippen LogP contribution in [0, 0.1) is 5.41 Å². The number of hydrogen-bond donors (Lipinski definition) is 4. The molecule has 4 N–H and O–H groups in total. The van der Waals surface area contributed by atoms with Gasteiger partial charge in [-0.1, -0.05) is 12.1 Å². The van der Waals surface area contributed by atoms with Gasteiger partial charge in [-0.25, -0.2) is 4.99 Å². The molecule has 1 amide bonds. The molecule has 1 heterocycles. The lowest BCUT2D eigenvalue weighted by molar-refractivity contribution is 0.0963. The monoisotopic (exact) mass is 362 g/mol. The van der Waals surface area contributed by atoms with Crippen LogP contribution in [0.2, 0.25) is 0 Å². The van der Waals surface area contributed by atoms with Crippen molar-refractivity contribution in [3.63, 3.8) is 0 Å². The number of hydrogen-bond acceptors (Lipinski definition) is 4. The molecule has 0 radical (unpaired) electrons. The second-order valence-electron chi connectivity index (χ2n) is 6.60. The lowest BCUT2D eigenvalue weighted by Crippen LogP contribution is -2.44. The fourth-order valence-corrected chi connectivity index (χ4v) is 3.05. The molecule has 0 aromatic heterocycles.